The number of rotatable bonds is 12. The molecule has 1 aromatic carbocycles. The third kappa shape index (κ3) is 6.27. The molecular formula is C21H32N6O3S. The Hall–Kier alpha value is -2.46. The summed E-state index contributed by atoms with van der Waals surface area (Å²) in [4.78, 5) is 23.4. The minimum absolute atomic E-state index is 0.0218. The minimum atomic E-state index is 0.0218. The molecule has 170 valence electrons. The Morgan fingerprint density at radius 2 is 2.03 bits per heavy atom. The number of anilines is 2. The number of amides is 1. The number of aromatic nitrogens is 2. The molecule has 0 radical (unpaired) electrons. The van der Waals surface area contributed by atoms with E-state index in [0.717, 1.165) is 49.1 Å². The Balaban J connectivity index is 1.81. The van der Waals surface area contributed by atoms with E-state index < -0.39 is 0 Å². The summed E-state index contributed by atoms with van der Waals surface area (Å²) in [5.74, 6) is 3.26. The van der Waals surface area contributed by atoms with Gasteiger partial charge >= 0.3 is 0 Å². The van der Waals surface area contributed by atoms with Crippen LogP contribution in [-0.4, -0.2) is 68.1 Å². The van der Waals surface area contributed by atoms with Gasteiger partial charge in [-0.2, -0.15) is 17.6 Å². The van der Waals surface area contributed by atoms with E-state index in [1.54, 1.807) is 7.11 Å². The molecule has 0 bridgehead atoms. The molecule has 1 aliphatic heterocycles. The summed E-state index contributed by atoms with van der Waals surface area (Å²) < 4.78 is 11.3. The Morgan fingerprint density at radius 1 is 1.23 bits per heavy atom. The van der Waals surface area contributed by atoms with Crippen LogP contribution >= 0.6 is 12.6 Å². The molecule has 1 aliphatic rings. The molecule has 3 rings (SSSR count). The Bertz CT molecular complexity index is 876. The van der Waals surface area contributed by atoms with Crippen LogP contribution in [0.5, 0.6) is 11.5 Å². The van der Waals surface area contributed by atoms with Crippen molar-refractivity contribution in [2.75, 3.05) is 62.4 Å². The molecule has 31 heavy (non-hydrogen) atoms. The first-order valence-electron chi connectivity index (χ1n) is 10.7. The van der Waals surface area contributed by atoms with Crippen molar-refractivity contribution >= 4 is 41.2 Å². The number of nitrogens with zero attached hydrogens (tertiary/aromatic N) is 3. The maximum absolute atomic E-state index is 11.6. The smallest absolute Gasteiger partial charge is 0.227 e. The van der Waals surface area contributed by atoms with E-state index >= 15 is 0 Å². The predicted molar refractivity (Wildman–Crippen MR) is 127 cm³/mol. The summed E-state index contributed by atoms with van der Waals surface area (Å²) in [7, 11) is 1.61. The molecule has 1 fully saturated rings. The van der Waals surface area contributed by atoms with E-state index in [0.29, 0.717) is 55.9 Å². The van der Waals surface area contributed by atoms with Crippen LogP contribution in [-0.2, 0) is 4.79 Å². The molecule has 0 atom stereocenters. The topological polar surface area (TPSA) is 115 Å². The summed E-state index contributed by atoms with van der Waals surface area (Å²) in [6.45, 7) is 3.99. The zero-order valence-electron chi connectivity index (χ0n) is 18.0. The molecule has 0 aliphatic carbocycles. The fourth-order valence-electron chi connectivity index (χ4n) is 3.47. The van der Waals surface area contributed by atoms with E-state index in [4.69, 9.17) is 25.2 Å². The highest BCUT2D eigenvalue weighted by atomic mass is 32.1. The number of hydrogen-bond acceptors (Lipinski definition) is 9. The molecular weight excluding hydrogens is 416 g/mol. The van der Waals surface area contributed by atoms with Gasteiger partial charge in [-0.3, -0.25) is 4.79 Å². The predicted octanol–water partition coefficient (Wildman–Crippen LogP) is 1.81. The van der Waals surface area contributed by atoms with Gasteiger partial charge in [-0.15, -0.1) is 0 Å². The lowest BCUT2D eigenvalue weighted by Gasteiger charge is -2.19. The Kier molecular flexibility index (Phi) is 8.84. The second-order valence-electron chi connectivity index (χ2n) is 7.33. The van der Waals surface area contributed by atoms with E-state index in [1.807, 2.05) is 12.1 Å². The van der Waals surface area contributed by atoms with Crippen molar-refractivity contribution in [2.45, 2.75) is 25.7 Å². The first kappa shape index (κ1) is 23.2. The number of carbonyl (C=O) groups is 1. The molecule has 0 saturated carbocycles. The van der Waals surface area contributed by atoms with Gasteiger partial charge in [0.15, 0.2) is 11.5 Å². The average Bonchev–Trinajstić information content (AvgIpc) is 3.31. The van der Waals surface area contributed by atoms with Gasteiger partial charge in [0.1, 0.15) is 12.4 Å². The molecule has 10 heteroatoms. The van der Waals surface area contributed by atoms with Crippen LogP contribution in [0.3, 0.4) is 0 Å². The summed E-state index contributed by atoms with van der Waals surface area (Å²) in [6.07, 6.45) is 3.49. The third-order valence-corrected chi connectivity index (χ3v) is 5.26. The molecule has 2 aromatic rings. The standard InChI is InChI=1S/C21H32N6O3S/c1-29-17-13-15-16(14-18(17)30-11-6-22)25-21(27-9-2-3-10-27)26-20(15)24-8-4-7-23-19(28)5-12-31/h13-14,31H,2-12,22H2,1H3,(H,23,28)(H,24,25,26). The number of nitrogens with two attached hydrogens (primary N) is 1. The fourth-order valence-corrected chi connectivity index (χ4v) is 3.67. The molecule has 1 saturated heterocycles. The molecule has 0 spiro atoms. The molecule has 9 nitrogen and oxygen atoms in total. The number of carbonyl (C=O) groups excluding carboxylic acids is 1. The Morgan fingerprint density at radius 3 is 2.74 bits per heavy atom. The number of thiol groups is 1. The third-order valence-electron chi connectivity index (χ3n) is 5.04. The van der Waals surface area contributed by atoms with Crippen LogP contribution in [0.4, 0.5) is 11.8 Å². The fraction of sp³-hybridized carbons (Fsp3) is 0.571. The summed E-state index contributed by atoms with van der Waals surface area (Å²) >= 11 is 4.08. The van der Waals surface area contributed by atoms with E-state index in [2.05, 4.69) is 28.2 Å². The van der Waals surface area contributed by atoms with Crippen molar-refractivity contribution in [1.82, 2.24) is 15.3 Å². The maximum atomic E-state index is 11.6. The van der Waals surface area contributed by atoms with Crippen LogP contribution in [0.15, 0.2) is 12.1 Å². The summed E-state index contributed by atoms with van der Waals surface area (Å²) in [6, 6.07) is 3.78. The number of nitrogens with one attached hydrogen (secondary N) is 2. The largest absolute Gasteiger partial charge is 0.493 e. The highest BCUT2D eigenvalue weighted by Gasteiger charge is 2.19. The van der Waals surface area contributed by atoms with Crippen LogP contribution < -0.4 is 30.7 Å². The number of benzene rings is 1. The second-order valence-corrected chi connectivity index (χ2v) is 7.77. The lowest BCUT2D eigenvalue weighted by molar-refractivity contribution is -0.120. The van der Waals surface area contributed by atoms with Gasteiger partial charge in [0, 0.05) is 50.6 Å². The molecule has 0 unspecified atom stereocenters. The first-order chi connectivity index (χ1) is 15.2. The van der Waals surface area contributed by atoms with Crippen LogP contribution in [0.1, 0.15) is 25.7 Å². The minimum Gasteiger partial charge on any atom is -0.493 e. The van der Waals surface area contributed by atoms with Gasteiger partial charge in [-0.25, -0.2) is 4.98 Å². The van der Waals surface area contributed by atoms with Gasteiger partial charge in [-0.05, 0) is 31.1 Å². The van der Waals surface area contributed by atoms with Crippen molar-refractivity contribution < 1.29 is 14.3 Å². The highest BCUT2D eigenvalue weighted by Crippen LogP contribution is 2.35. The molecule has 4 N–H and O–H groups in total. The number of fused-ring (bicyclic) bond motifs is 1. The quantitative estimate of drug-likeness (QED) is 0.287. The number of methoxy groups -OCH3 is 1. The molecule has 1 aromatic heterocycles. The molecule has 2 heterocycles. The number of hydrogen-bond donors (Lipinski definition) is 4. The van der Waals surface area contributed by atoms with Crippen LogP contribution in [0.2, 0.25) is 0 Å². The first-order valence-corrected chi connectivity index (χ1v) is 11.4. The SMILES string of the molecule is COc1cc2c(NCCCNC(=O)CCS)nc(N3CCCC3)nc2cc1OCCN. The van der Waals surface area contributed by atoms with Gasteiger partial charge < -0.3 is 30.7 Å². The van der Waals surface area contributed by atoms with Crippen molar-refractivity contribution in [1.29, 1.82) is 0 Å². The zero-order valence-corrected chi connectivity index (χ0v) is 18.9. The Labute approximate surface area is 188 Å². The van der Waals surface area contributed by atoms with Gasteiger partial charge in [0.05, 0.1) is 12.6 Å². The van der Waals surface area contributed by atoms with Crippen molar-refractivity contribution in [3.63, 3.8) is 0 Å². The maximum Gasteiger partial charge on any atom is 0.227 e. The zero-order chi connectivity index (χ0) is 22.1. The van der Waals surface area contributed by atoms with E-state index in [-0.39, 0.29) is 5.91 Å². The average molecular weight is 449 g/mol. The van der Waals surface area contributed by atoms with Gasteiger partial charge in [0.25, 0.3) is 0 Å². The lowest BCUT2D eigenvalue weighted by atomic mass is 10.2. The summed E-state index contributed by atoms with van der Waals surface area (Å²) in [5, 5.41) is 7.16. The number of ether oxygens (including phenoxy) is 2. The highest BCUT2D eigenvalue weighted by molar-refractivity contribution is 7.80. The van der Waals surface area contributed by atoms with E-state index in [9.17, 15) is 4.79 Å². The van der Waals surface area contributed by atoms with Crippen molar-refractivity contribution in [3.8, 4) is 11.5 Å². The molecule has 1 amide bonds. The monoisotopic (exact) mass is 448 g/mol. The van der Waals surface area contributed by atoms with Crippen LogP contribution in [0.25, 0.3) is 10.9 Å². The van der Waals surface area contributed by atoms with Crippen molar-refractivity contribution in [2.24, 2.45) is 5.73 Å². The lowest BCUT2D eigenvalue weighted by Crippen LogP contribution is -2.26. The van der Waals surface area contributed by atoms with E-state index in [1.165, 1.54) is 0 Å². The summed E-state index contributed by atoms with van der Waals surface area (Å²) in [5.41, 5.74) is 6.37. The second kappa shape index (κ2) is 11.8. The normalized spacial score (nSPS) is 13.5. The van der Waals surface area contributed by atoms with Gasteiger partial charge in [0.2, 0.25) is 11.9 Å². The van der Waals surface area contributed by atoms with Crippen molar-refractivity contribution in [3.05, 3.63) is 12.1 Å². The van der Waals surface area contributed by atoms with Crippen LogP contribution in [0, 0.1) is 0 Å². The van der Waals surface area contributed by atoms with Gasteiger partial charge in [-0.1, -0.05) is 0 Å².